The van der Waals surface area contributed by atoms with Crippen molar-refractivity contribution in [3.05, 3.63) is 95.3 Å². The summed E-state index contributed by atoms with van der Waals surface area (Å²) in [5, 5.41) is 0. The van der Waals surface area contributed by atoms with Gasteiger partial charge in [0.25, 0.3) is 11.8 Å². The van der Waals surface area contributed by atoms with Gasteiger partial charge in [-0.25, -0.2) is 0 Å². The quantitative estimate of drug-likeness (QED) is 0.693. The number of benzene rings is 2. The van der Waals surface area contributed by atoms with Crippen LogP contribution in [-0.2, 0) is 13.1 Å². The van der Waals surface area contributed by atoms with Crippen LogP contribution in [0.15, 0.2) is 73.1 Å². The van der Waals surface area contributed by atoms with E-state index in [1.54, 1.807) is 12.4 Å². The maximum absolute atomic E-state index is 12.6. The molecule has 0 N–H and O–H groups in total. The van der Waals surface area contributed by atoms with Crippen molar-refractivity contribution in [2.75, 3.05) is 0 Å². The first-order valence-corrected chi connectivity index (χ1v) is 7.86. The SMILES string of the molecule is O=C1c2cn(Cc3ccccc3)cc2C(=O)N1Cc1ccccc1. The Hall–Kier alpha value is -3.14. The molecule has 2 aromatic carbocycles. The number of fused-ring (bicyclic) bond motifs is 1. The average Bonchev–Trinajstić information content (AvgIpc) is 3.12. The Labute approximate surface area is 140 Å². The Balaban J connectivity index is 1.56. The fourth-order valence-corrected chi connectivity index (χ4v) is 3.03. The molecule has 4 heteroatoms. The molecule has 4 nitrogen and oxygen atoms in total. The molecule has 24 heavy (non-hydrogen) atoms. The summed E-state index contributed by atoms with van der Waals surface area (Å²) < 4.78 is 1.90. The van der Waals surface area contributed by atoms with Crippen molar-refractivity contribution in [3.63, 3.8) is 0 Å². The number of carbonyl (C=O) groups excluding carboxylic acids is 2. The molecule has 118 valence electrons. The molecule has 2 amide bonds. The van der Waals surface area contributed by atoms with Crippen LogP contribution in [0.5, 0.6) is 0 Å². The van der Waals surface area contributed by atoms with E-state index in [1.165, 1.54) is 4.90 Å². The molecule has 0 spiro atoms. The van der Waals surface area contributed by atoms with Crippen LogP contribution in [0.4, 0.5) is 0 Å². The van der Waals surface area contributed by atoms with E-state index in [9.17, 15) is 9.59 Å². The van der Waals surface area contributed by atoms with Gasteiger partial charge in [0.1, 0.15) is 0 Å². The van der Waals surface area contributed by atoms with Gasteiger partial charge in [0.2, 0.25) is 0 Å². The molecular weight excluding hydrogens is 300 g/mol. The van der Waals surface area contributed by atoms with Gasteiger partial charge in [0.15, 0.2) is 0 Å². The minimum absolute atomic E-state index is 0.217. The van der Waals surface area contributed by atoms with Crippen LogP contribution in [0, 0.1) is 0 Å². The third-order valence-electron chi connectivity index (χ3n) is 4.22. The molecular formula is C20H16N2O2. The molecule has 1 aromatic heterocycles. The van der Waals surface area contributed by atoms with Gasteiger partial charge in [-0.15, -0.1) is 0 Å². The maximum Gasteiger partial charge on any atom is 0.263 e. The fourth-order valence-electron chi connectivity index (χ4n) is 3.03. The van der Waals surface area contributed by atoms with Gasteiger partial charge >= 0.3 is 0 Å². The smallest absolute Gasteiger partial charge is 0.263 e. The normalized spacial score (nSPS) is 13.4. The van der Waals surface area contributed by atoms with E-state index < -0.39 is 0 Å². The number of hydrogen-bond donors (Lipinski definition) is 0. The van der Waals surface area contributed by atoms with Crippen LogP contribution in [0.1, 0.15) is 31.8 Å². The van der Waals surface area contributed by atoms with Crippen molar-refractivity contribution in [3.8, 4) is 0 Å². The predicted molar refractivity (Wildman–Crippen MR) is 90.6 cm³/mol. The van der Waals surface area contributed by atoms with Gasteiger partial charge in [-0.2, -0.15) is 0 Å². The van der Waals surface area contributed by atoms with Crippen LogP contribution in [0.3, 0.4) is 0 Å². The summed E-state index contributed by atoms with van der Waals surface area (Å²) >= 11 is 0. The zero-order valence-corrected chi connectivity index (χ0v) is 13.1. The number of amides is 2. The van der Waals surface area contributed by atoms with E-state index in [0.29, 0.717) is 24.2 Å². The van der Waals surface area contributed by atoms with E-state index in [-0.39, 0.29) is 11.8 Å². The Morgan fingerprint density at radius 1 is 0.625 bits per heavy atom. The summed E-state index contributed by atoms with van der Waals surface area (Å²) in [7, 11) is 0. The number of nitrogens with zero attached hydrogens (tertiary/aromatic N) is 2. The van der Waals surface area contributed by atoms with E-state index in [0.717, 1.165) is 11.1 Å². The van der Waals surface area contributed by atoms with Crippen LogP contribution in [0.2, 0.25) is 0 Å². The molecule has 0 fully saturated rings. The summed E-state index contributed by atoms with van der Waals surface area (Å²) in [6, 6.07) is 19.5. The highest BCUT2D eigenvalue weighted by atomic mass is 16.2. The molecule has 4 rings (SSSR count). The van der Waals surface area contributed by atoms with Crippen molar-refractivity contribution in [2.45, 2.75) is 13.1 Å². The molecule has 1 aliphatic rings. The third kappa shape index (κ3) is 2.52. The number of aromatic nitrogens is 1. The Bertz CT molecular complexity index is 864. The molecule has 0 unspecified atom stereocenters. The van der Waals surface area contributed by atoms with Gasteiger partial charge in [0.05, 0.1) is 17.7 Å². The number of hydrogen-bond acceptors (Lipinski definition) is 2. The molecule has 0 saturated carbocycles. The van der Waals surface area contributed by atoms with Crippen LogP contribution >= 0.6 is 0 Å². The highest BCUT2D eigenvalue weighted by Gasteiger charge is 2.37. The zero-order valence-electron chi connectivity index (χ0n) is 13.1. The molecule has 0 atom stereocenters. The monoisotopic (exact) mass is 316 g/mol. The summed E-state index contributed by atoms with van der Waals surface area (Å²) in [6.07, 6.45) is 3.54. The van der Waals surface area contributed by atoms with Crippen molar-refractivity contribution in [1.82, 2.24) is 9.47 Å². The van der Waals surface area contributed by atoms with Crippen molar-refractivity contribution in [1.29, 1.82) is 0 Å². The largest absolute Gasteiger partial charge is 0.348 e. The Morgan fingerprint density at radius 2 is 1.08 bits per heavy atom. The lowest BCUT2D eigenvalue weighted by molar-refractivity contribution is 0.0641. The lowest BCUT2D eigenvalue weighted by Gasteiger charge is -2.14. The first-order chi connectivity index (χ1) is 11.7. The minimum atomic E-state index is -0.217. The lowest BCUT2D eigenvalue weighted by Crippen LogP contribution is -2.29. The van der Waals surface area contributed by atoms with Crippen molar-refractivity contribution in [2.24, 2.45) is 0 Å². The summed E-state index contributed by atoms with van der Waals surface area (Å²) in [6.45, 7) is 0.957. The van der Waals surface area contributed by atoms with E-state index >= 15 is 0 Å². The number of carbonyl (C=O) groups is 2. The molecule has 0 aliphatic carbocycles. The molecule has 2 heterocycles. The molecule has 0 radical (unpaired) electrons. The summed E-state index contributed by atoms with van der Waals surface area (Å²) in [5.41, 5.74) is 3.06. The lowest BCUT2D eigenvalue weighted by atomic mass is 10.2. The van der Waals surface area contributed by atoms with Crippen molar-refractivity contribution < 1.29 is 9.59 Å². The standard InChI is InChI=1S/C20H16N2O2/c23-19-17-13-21(11-15-7-3-1-4-8-15)14-18(17)20(24)22(19)12-16-9-5-2-6-10-16/h1-10,13-14H,11-12H2. The van der Waals surface area contributed by atoms with Gasteiger partial charge in [0, 0.05) is 18.9 Å². The van der Waals surface area contributed by atoms with E-state index in [4.69, 9.17) is 0 Å². The first kappa shape index (κ1) is 14.5. The third-order valence-corrected chi connectivity index (χ3v) is 4.22. The van der Waals surface area contributed by atoms with E-state index in [2.05, 4.69) is 0 Å². The Morgan fingerprint density at radius 3 is 1.58 bits per heavy atom. The second-order valence-corrected chi connectivity index (χ2v) is 5.93. The molecule has 0 saturated heterocycles. The Kier molecular flexibility index (Phi) is 3.50. The average molecular weight is 316 g/mol. The summed E-state index contributed by atoms with van der Waals surface area (Å²) in [5.74, 6) is -0.434. The van der Waals surface area contributed by atoms with Crippen molar-refractivity contribution >= 4 is 11.8 Å². The highest BCUT2D eigenvalue weighted by Crippen LogP contribution is 2.25. The second kappa shape index (κ2) is 5.81. The summed E-state index contributed by atoms with van der Waals surface area (Å²) in [4.78, 5) is 26.5. The van der Waals surface area contributed by atoms with Gasteiger partial charge < -0.3 is 4.57 Å². The number of rotatable bonds is 4. The first-order valence-electron chi connectivity index (χ1n) is 7.86. The highest BCUT2D eigenvalue weighted by molar-refractivity contribution is 6.21. The fraction of sp³-hybridized carbons (Fsp3) is 0.100. The molecule has 3 aromatic rings. The molecule has 0 bridgehead atoms. The molecule has 1 aliphatic heterocycles. The zero-order chi connectivity index (χ0) is 16.5. The van der Waals surface area contributed by atoms with Crippen LogP contribution < -0.4 is 0 Å². The predicted octanol–water partition coefficient (Wildman–Crippen LogP) is 3.33. The van der Waals surface area contributed by atoms with Gasteiger partial charge in [-0.1, -0.05) is 60.7 Å². The van der Waals surface area contributed by atoms with E-state index in [1.807, 2.05) is 65.2 Å². The van der Waals surface area contributed by atoms with Crippen LogP contribution in [0.25, 0.3) is 0 Å². The minimum Gasteiger partial charge on any atom is -0.348 e. The maximum atomic E-state index is 12.6. The number of imide groups is 1. The second-order valence-electron chi connectivity index (χ2n) is 5.93. The van der Waals surface area contributed by atoms with Gasteiger partial charge in [-0.05, 0) is 11.1 Å². The van der Waals surface area contributed by atoms with Crippen LogP contribution in [-0.4, -0.2) is 21.3 Å². The van der Waals surface area contributed by atoms with Gasteiger partial charge in [-0.3, -0.25) is 14.5 Å². The topological polar surface area (TPSA) is 42.3 Å².